The van der Waals surface area contributed by atoms with E-state index in [0.717, 1.165) is 24.0 Å². The standard InChI is InChI=1S/C18H20O3/c19-15-8-14(9-16(20)11-15)13-6-7-17(18(21)10-13)12-4-2-1-3-5-12/h6-12,19-21H,1-5H2. The van der Waals surface area contributed by atoms with Gasteiger partial charge < -0.3 is 15.3 Å². The maximum absolute atomic E-state index is 10.3. The van der Waals surface area contributed by atoms with Crippen LogP contribution in [-0.2, 0) is 0 Å². The van der Waals surface area contributed by atoms with Crippen LogP contribution in [0, 0.1) is 0 Å². The molecular formula is C18H20O3. The molecule has 21 heavy (non-hydrogen) atoms. The molecule has 3 rings (SSSR count). The molecule has 0 atom stereocenters. The van der Waals surface area contributed by atoms with Gasteiger partial charge in [0.2, 0.25) is 0 Å². The molecule has 2 aromatic carbocycles. The van der Waals surface area contributed by atoms with Crippen LogP contribution in [-0.4, -0.2) is 15.3 Å². The van der Waals surface area contributed by atoms with E-state index in [0.29, 0.717) is 17.2 Å². The monoisotopic (exact) mass is 284 g/mol. The molecule has 0 unspecified atom stereocenters. The minimum atomic E-state index is 0.0147. The first-order valence-electron chi connectivity index (χ1n) is 7.50. The van der Waals surface area contributed by atoms with Crippen LogP contribution in [0.4, 0.5) is 0 Å². The smallest absolute Gasteiger partial charge is 0.119 e. The molecule has 110 valence electrons. The second-order valence-corrected chi connectivity index (χ2v) is 5.85. The molecule has 0 spiro atoms. The molecule has 1 aliphatic carbocycles. The van der Waals surface area contributed by atoms with Crippen molar-refractivity contribution in [1.82, 2.24) is 0 Å². The number of phenols is 3. The fraction of sp³-hybridized carbons (Fsp3) is 0.333. The van der Waals surface area contributed by atoms with Gasteiger partial charge in [0.25, 0.3) is 0 Å². The van der Waals surface area contributed by atoms with Crippen LogP contribution >= 0.6 is 0 Å². The quantitative estimate of drug-likeness (QED) is 0.760. The Kier molecular flexibility index (Phi) is 3.74. The number of hydrogen-bond acceptors (Lipinski definition) is 3. The summed E-state index contributed by atoms with van der Waals surface area (Å²) in [6, 6.07) is 10.1. The molecule has 0 aromatic heterocycles. The van der Waals surface area contributed by atoms with Gasteiger partial charge in [-0.2, -0.15) is 0 Å². The van der Waals surface area contributed by atoms with Gasteiger partial charge in [-0.3, -0.25) is 0 Å². The van der Waals surface area contributed by atoms with E-state index in [9.17, 15) is 15.3 Å². The highest BCUT2D eigenvalue weighted by atomic mass is 16.3. The minimum absolute atomic E-state index is 0.0147. The summed E-state index contributed by atoms with van der Waals surface area (Å²) in [7, 11) is 0. The van der Waals surface area contributed by atoms with Crippen molar-refractivity contribution in [2.75, 3.05) is 0 Å². The summed E-state index contributed by atoms with van der Waals surface area (Å²) in [6.45, 7) is 0. The maximum Gasteiger partial charge on any atom is 0.119 e. The molecule has 0 bridgehead atoms. The molecule has 1 fully saturated rings. The van der Waals surface area contributed by atoms with Gasteiger partial charge in [-0.1, -0.05) is 31.4 Å². The second kappa shape index (κ2) is 5.68. The maximum atomic E-state index is 10.3. The van der Waals surface area contributed by atoms with Gasteiger partial charge in [0.1, 0.15) is 17.2 Å². The Bertz CT molecular complexity index is 623. The van der Waals surface area contributed by atoms with Crippen molar-refractivity contribution in [2.24, 2.45) is 0 Å². The molecule has 3 N–H and O–H groups in total. The third-order valence-electron chi connectivity index (χ3n) is 4.31. The number of hydrogen-bond donors (Lipinski definition) is 3. The van der Waals surface area contributed by atoms with Gasteiger partial charge in [0.15, 0.2) is 0 Å². The average Bonchev–Trinajstić information content (AvgIpc) is 2.47. The Morgan fingerprint density at radius 2 is 1.38 bits per heavy atom. The van der Waals surface area contributed by atoms with E-state index in [4.69, 9.17) is 0 Å². The highest BCUT2D eigenvalue weighted by Crippen LogP contribution is 2.39. The van der Waals surface area contributed by atoms with Crippen LogP contribution < -0.4 is 0 Å². The van der Waals surface area contributed by atoms with Crippen molar-refractivity contribution in [1.29, 1.82) is 0 Å². The van der Waals surface area contributed by atoms with E-state index in [1.165, 1.54) is 25.3 Å². The van der Waals surface area contributed by atoms with Crippen molar-refractivity contribution < 1.29 is 15.3 Å². The Hall–Kier alpha value is -2.16. The fourth-order valence-corrected chi connectivity index (χ4v) is 3.24. The van der Waals surface area contributed by atoms with Crippen molar-refractivity contribution >= 4 is 0 Å². The van der Waals surface area contributed by atoms with E-state index in [-0.39, 0.29) is 11.5 Å². The predicted molar refractivity (Wildman–Crippen MR) is 82.7 cm³/mol. The molecule has 1 aliphatic rings. The largest absolute Gasteiger partial charge is 0.508 e. The summed E-state index contributed by atoms with van der Waals surface area (Å²) in [5.41, 5.74) is 2.50. The van der Waals surface area contributed by atoms with Crippen LogP contribution in [0.3, 0.4) is 0 Å². The first kappa shape index (κ1) is 13.8. The third kappa shape index (κ3) is 2.97. The zero-order valence-electron chi connectivity index (χ0n) is 11.9. The van der Waals surface area contributed by atoms with E-state index >= 15 is 0 Å². The Morgan fingerprint density at radius 1 is 0.714 bits per heavy atom. The van der Waals surface area contributed by atoms with Gasteiger partial charge in [-0.15, -0.1) is 0 Å². The lowest BCUT2D eigenvalue weighted by Gasteiger charge is -2.23. The lowest BCUT2D eigenvalue weighted by atomic mass is 9.83. The summed E-state index contributed by atoms with van der Waals surface area (Å²) in [4.78, 5) is 0. The molecule has 3 nitrogen and oxygen atoms in total. The predicted octanol–water partition coefficient (Wildman–Crippen LogP) is 4.52. The second-order valence-electron chi connectivity index (χ2n) is 5.85. The number of aromatic hydroxyl groups is 3. The summed E-state index contributed by atoms with van der Waals surface area (Å²) >= 11 is 0. The normalized spacial score (nSPS) is 16.0. The van der Waals surface area contributed by atoms with E-state index in [1.54, 1.807) is 18.2 Å². The molecule has 0 radical (unpaired) electrons. The molecule has 0 aliphatic heterocycles. The van der Waals surface area contributed by atoms with Crippen LogP contribution in [0.15, 0.2) is 36.4 Å². The first-order valence-corrected chi connectivity index (χ1v) is 7.50. The molecule has 0 amide bonds. The lowest BCUT2D eigenvalue weighted by Crippen LogP contribution is -2.04. The van der Waals surface area contributed by atoms with Gasteiger partial charge in [-0.25, -0.2) is 0 Å². The molecule has 0 saturated heterocycles. The zero-order valence-corrected chi connectivity index (χ0v) is 11.9. The number of phenolic OH excluding ortho intramolecular Hbond substituents is 3. The summed E-state index contributed by atoms with van der Waals surface area (Å²) in [5, 5.41) is 29.4. The average molecular weight is 284 g/mol. The summed E-state index contributed by atoms with van der Waals surface area (Å²) in [6.07, 6.45) is 6.02. The van der Waals surface area contributed by atoms with Gasteiger partial charge in [0.05, 0.1) is 0 Å². The SMILES string of the molecule is Oc1cc(O)cc(-c2ccc(C3CCCCC3)c(O)c2)c1. The summed E-state index contributed by atoms with van der Waals surface area (Å²) < 4.78 is 0. The van der Waals surface area contributed by atoms with Crippen LogP contribution in [0.1, 0.15) is 43.6 Å². The van der Waals surface area contributed by atoms with E-state index in [1.807, 2.05) is 12.1 Å². The lowest BCUT2D eigenvalue weighted by molar-refractivity contribution is 0.414. The Labute approximate surface area is 124 Å². The topological polar surface area (TPSA) is 60.7 Å². The van der Waals surface area contributed by atoms with Crippen molar-refractivity contribution in [3.63, 3.8) is 0 Å². The highest BCUT2D eigenvalue weighted by Gasteiger charge is 2.18. The third-order valence-corrected chi connectivity index (χ3v) is 4.31. The molecule has 2 aromatic rings. The van der Waals surface area contributed by atoms with Crippen molar-refractivity contribution in [2.45, 2.75) is 38.0 Å². The zero-order chi connectivity index (χ0) is 14.8. The molecule has 1 saturated carbocycles. The van der Waals surface area contributed by atoms with Gasteiger partial charge >= 0.3 is 0 Å². The van der Waals surface area contributed by atoms with Crippen LogP contribution in [0.2, 0.25) is 0 Å². The highest BCUT2D eigenvalue weighted by molar-refractivity contribution is 5.69. The molecule has 3 heteroatoms. The number of rotatable bonds is 2. The minimum Gasteiger partial charge on any atom is -0.508 e. The molecular weight excluding hydrogens is 264 g/mol. The first-order chi connectivity index (χ1) is 10.1. The van der Waals surface area contributed by atoms with Gasteiger partial charge in [0, 0.05) is 6.07 Å². The van der Waals surface area contributed by atoms with Crippen molar-refractivity contribution in [3.05, 3.63) is 42.0 Å². The number of benzene rings is 2. The van der Waals surface area contributed by atoms with E-state index < -0.39 is 0 Å². The van der Waals surface area contributed by atoms with Crippen LogP contribution in [0.25, 0.3) is 11.1 Å². The molecule has 0 heterocycles. The fourth-order valence-electron chi connectivity index (χ4n) is 3.24. The van der Waals surface area contributed by atoms with Crippen molar-refractivity contribution in [3.8, 4) is 28.4 Å². The van der Waals surface area contributed by atoms with Crippen LogP contribution in [0.5, 0.6) is 17.2 Å². The van der Waals surface area contributed by atoms with Gasteiger partial charge in [-0.05, 0) is 53.6 Å². The Balaban J connectivity index is 1.93. The van der Waals surface area contributed by atoms with E-state index in [2.05, 4.69) is 0 Å². The summed E-state index contributed by atoms with van der Waals surface area (Å²) in [5.74, 6) is 0.786. The Morgan fingerprint density at radius 3 is 2.00 bits per heavy atom.